The van der Waals surface area contributed by atoms with E-state index < -0.39 is 0 Å². The average Bonchev–Trinajstić information content (AvgIpc) is 2.83. The molecule has 0 N–H and O–H groups in total. The highest BCUT2D eigenvalue weighted by Gasteiger charge is 2.41. The smallest absolute Gasteiger partial charge is 0.115 e. The van der Waals surface area contributed by atoms with Crippen LogP contribution in [-0.4, -0.2) is 31.0 Å². The molecule has 4 rings (SSSR count). The molecule has 4 atom stereocenters. The van der Waals surface area contributed by atoms with Gasteiger partial charge in [0.05, 0.1) is 32.5 Å². The van der Waals surface area contributed by atoms with Gasteiger partial charge in [0.1, 0.15) is 18.3 Å². The minimum Gasteiger partial charge on any atom is -0.373 e. The van der Waals surface area contributed by atoms with Crippen LogP contribution in [0.15, 0.2) is 91.0 Å². The first-order valence-corrected chi connectivity index (χ1v) is 10.9. The Morgan fingerprint density at radius 2 is 1.03 bits per heavy atom. The van der Waals surface area contributed by atoms with E-state index in [9.17, 15) is 0 Å². The molecule has 0 radical (unpaired) electrons. The molecule has 1 aliphatic heterocycles. The zero-order valence-corrected chi connectivity index (χ0v) is 17.9. The highest BCUT2D eigenvalue weighted by atomic mass is 16.6. The monoisotopic (exact) mass is 418 g/mol. The van der Waals surface area contributed by atoms with E-state index in [-0.39, 0.29) is 24.4 Å². The lowest BCUT2D eigenvalue weighted by Gasteiger charge is -2.41. The fourth-order valence-corrected chi connectivity index (χ4v) is 3.80. The van der Waals surface area contributed by atoms with Crippen molar-refractivity contribution in [3.8, 4) is 0 Å². The Morgan fingerprint density at radius 3 is 1.52 bits per heavy atom. The summed E-state index contributed by atoms with van der Waals surface area (Å²) < 4.78 is 25.0. The van der Waals surface area contributed by atoms with Crippen molar-refractivity contribution in [2.45, 2.75) is 51.2 Å². The Balaban J connectivity index is 1.46. The van der Waals surface area contributed by atoms with Gasteiger partial charge in [-0.05, 0) is 23.6 Å². The third-order valence-electron chi connectivity index (χ3n) is 5.55. The second-order valence-corrected chi connectivity index (χ2v) is 7.90. The van der Waals surface area contributed by atoms with E-state index in [1.54, 1.807) is 0 Å². The Labute approximate surface area is 184 Å². The molecule has 0 bridgehead atoms. The summed E-state index contributed by atoms with van der Waals surface area (Å²) in [6, 6.07) is 30.6. The number of hydrogen-bond donors (Lipinski definition) is 0. The molecule has 1 fully saturated rings. The summed E-state index contributed by atoms with van der Waals surface area (Å²) in [7, 11) is 0. The van der Waals surface area contributed by atoms with Crippen molar-refractivity contribution >= 4 is 0 Å². The van der Waals surface area contributed by atoms with E-state index in [2.05, 4.69) is 36.4 Å². The molecule has 0 aromatic heterocycles. The van der Waals surface area contributed by atoms with Gasteiger partial charge >= 0.3 is 0 Å². The molecule has 162 valence electrons. The van der Waals surface area contributed by atoms with Gasteiger partial charge in [-0.2, -0.15) is 0 Å². The summed E-state index contributed by atoms with van der Waals surface area (Å²) in [5, 5.41) is 0. The average molecular weight is 419 g/mol. The summed E-state index contributed by atoms with van der Waals surface area (Å²) >= 11 is 0. The summed E-state index contributed by atoms with van der Waals surface area (Å²) in [6.07, 6.45) is -0.739. The molecule has 4 nitrogen and oxygen atoms in total. The maximum Gasteiger partial charge on any atom is 0.115 e. The van der Waals surface area contributed by atoms with E-state index in [1.807, 2.05) is 61.5 Å². The van der Waals surface area contributed by atoms with Crippen LogP contribution in [0.1, 0.15) is 23.6 Å². The van der Waals surface area contributed by atoms with Gasteiger partial charge in [0.15, 0.2) is 0 Å². The van der Waals surface area contributed by atoms with Crippen LogP contribution in [0.25, 0.3) is 0 Å². The largest absolute Gasteiger partial charge is 0.373 e. The van der Waals surface area contributed by atoms with E-state index in [0.717, 1.165) is 16.7 Å². The lowest BCUT2D eigenvalue weighted by Crippen LogP contribution is -2.55. The fourth-order valence-electron chi connectivity index (χ4n) is 3.80. The van der Waals surface area contributed by atoms with Gasteiger partial charge in [-0.1, -0.05) is 91.0 Å². The van der Waals surface area contributed by atoms with Crippen LogP contribution in [-0.2, 0) is 38.8 Å². The van der Waals surface area contributed by atoms with Gasteiger partial charge in [0, 0.05) is 0 Å². The lowest BCUT2D eigenvalue weighted by atomic mass is 10.00. The predicted octanol–water partition coefficient (Wildman–Crippen LogP) is 5.16. The topological polar surface area (TPSA) is 36.9 Å². The van der Waals surface area contributed by atoms with Crippen molar-refractivity contribution in [1.29, 1.82) is 0 Å². The van der Waals surface area contributed by atoms with E-state index in [0.29, 0.717) is 26.4 Å². The summed E-state index contributed by atoms with van der Waals surface area (Å²) in [5.41, 5.74) is 3.39. The molecule has 1 unspecified atom stereocenters. The Bertz CT molecular complexity index is 885. The lowest BCUT2D eigenvalue weighted by molar-refractivity contribution is -0.234. The third-order valence-corrected chi connectivity index (χ3v) is 5.55. The zero-order chi connectivity index (χ0) is 21.3. The third kappa shape index (κ3) is 6.25. The van der Waals surface area contributed by atoms with Crippen LogP contribution >= 0.6 is 0 Å². The Kier molecular flexibility index (Phi) is 7.86. The predicted molar refractivity (Wildman–Crippen MR) is 120 cm³/mol. The standard InChI is InChI=1S/C27H30O4/c1-21-26(30-18-23-13-7-3-8-14-23)27(31-19-24-15-9-4-10-16-24)25(20-28-21)29-17-22-11-5-2-6-12-22/h2-16,21,25-27H,17-20H2,1H3/t21?,25-,26-,27+/m1/s1. The first-order valence-electron chi connectivity index (χ1n) is 10.9. The molecular weight excluding hydrogens is 388 g/mol. The molecule has 1 heterocycles. The van der Waals surface area contributed by atoms with Crippen molar-refractivity contribution in [2.24, 2.45) is 0 Å². The fraction of sp³-hybridized carbons (Fsp3) is 0.333. The maximum absolute atomic E-state index is 6.41. The zero-order valence-electron chi connectivity index (χ0n) is 17.9. The summed E-state index contributed by atoms with van der Waals surface area (Å²) in [5.74, 6) is 0. The molecule has 0 spiro atoms. The summed E-state index contributed by atoms with van der Waals surface area (Å²) in [6.45, 7) is 4.06. The Morgan fingerprint density at radius 1 is 0.613 bits per heavy atom. The molecular formula is C27H30O4. The minimum absolute atomic E-state index is 0.0824. The minimum atomic E-state index is -0.226. The van der Waals surface area contributed by atoms with Gasteiger partial charge in [0.2, 0.25) is 0 Å². The first kappa shape index (κ1) is 21.7. The van der Waals surface area contributed by atoms with E-state index in [4.69, 9.17) is 18.9 Å². The van der Waals surface area contributed by atoms with Crippen LogP contribution < -0.4 is 0 Å². The first-order chi connectivity index (χ1) is 15.3. The molecule has 0 amide bonds. The van der Waals surface area contributed by atoms with Crippen LogP contribution in [0.5, 0.6) is 0 Å². The van der Waals surface area contributed by atoms with Crippen LogP contribution in [0.4, 0.5) is 0 Å². The summed E-state index contributed by atoms with van der Waals surface area (Å²) in [4.78, 5) is 0. The molecule has 3 aromatic carbocycles. The molecule has 1 saturated heterocycles. The van der Waals surface area contributed by atoms with Gasteiger partial charge in [-0.15, -0.1) is 0 Å². The van der Waals surface area contributed by atoms with Crippen molar-refractivity contribution in [2.75, 3.05) is 6.61 Å². The normalized spacial score (nSPS) is 23.5. The van der Waals surface area contributed by atoms with Crippen molar-refractivity contribution in [1.82, 2.24) is 0 Å². The highest BCUT2D eigenvalue weighted by molar-refractivity contribution is 5.15. The number of hydrogen-bond acceptors (Lipinski definition) is 4. The number of benzene rings is 3. The van der Waals surface area contributed by atoms with Crippen LogP contribution in [0, 0.1) is 0 Å². The van der Waals surface area contributed by atoms with E-state index >= 15 is 0 Å². The second kappa shape index (κ2) is 11.2. The molecule has 1 aliphatic rings. The van der Waals surface area contributed by atoms with Crippen molar-refractivity contribution in [3.05, 3.63) is 108 Å². The quantitative estimate of drug-likeness (QED) is 0.481. The second-order valence-electron chi connectivity index (χ2n) is 7.90. The van der Waals surface area contributed by atoms with Crippen LogP contribution in [0.2, 0.25) is 0 Å². The molecule has 4 heteroatoms. The number of ether oxygens (including phenoxy) is 4. The molecule has 31 heavy (non-hydrogen) atoms. The van der Waals surface area contributed by atoms with Gasteiger partial charge in [0.25, 0.3) is 0 Å². The molecule has 0 aliphatic carbocycles. The van der Waals surface area contributed by atoms with Gasteiger partial charge in [-0.3, -0.25) is 0 Å². The molecule has 3 aromatic rings. The van der Waals surface area contributed by atoms with E-state index in [1.165, 1.54) is 0 Å². The Hall–Kier alpha value is -2.50. The van der Waals surface area contributed by atoms with Crippen LogP contribution in [0.3, 0.4) is 0 Å². The maximum atomic E-state index is 6.41. The van der Waals surface area contributed by atoms with Crippen molar-refractivity contribution in [3.63, 3.8) is 0 Å². The molecule has 0 saturated carbocycles. The van der Waals surface area contributed by atoms with Crippen molar-refractivity contribution < 1.29 is 18.9 Å². The number of rotatable bonds is 9. The highest BCUT2D eigenvalue weighted by Crippen LogP contribution is 2.26. The van der Waals surface area contributed by atoms with Gasteiger partial charge in [-0.25, -0.2) is 0 Å². The van der Waals surface area contributed by atoms with Gasteiger partial charge < -0.3 is 18.9 Å². The SMILES string of the molecule is CC1OC[C@@H](OCc2ccccc2)[C@H](OCc2ccccc2)[C@@H]1OCc1ccccc1.